The van der Waals surface area contributed by atoms with E-state index in [9.17, 15) is 4.79 Å². The number of carbonyl (C=O) groups excluding carboxylic acids is 1. The fourth-order valence-electron chi connectivity index (χ4n) is 2.56. The number of nitrogens with one attached hydrogen (secondary N) is 2. The highest BCUT2D eigenvalue weighted by molar-refractivity contribution is 6.03. The molecular formula is C21H23N5O2. The summed E-state index contributed by atoms with van der Waals surface area (Å²) < 4.78 is 5.54. The lowest BCUT2D eigenvalue weighted by Gasteiger charge is -2.13. The Kier molecular flexibility index (Phi) is 6.06. The van der Waals surface area contributed by atoms with Crippen LogP contribution < -0.4 is 20.3 Å². The summed E-state index contributed by atoms with van der Waals surface area (Å²) in [4.78, 5) is 23.1. The predicted molar refractivity (Wildman–Crippen MR) is 112 cm³/mol. The number of para-hydroxylation sites is 2. The molecule has 0 atom stereocenters. The summed E-state index contributed by atoms with van der Waals surface area (Å²) in [5.74, 6) is 0.635. The van der Waals surface area contributed by atoms with E-state index in [1.54, 1.807) is 18.3 Å². The van der Waals surface area contributed by atoms with Crippen LogP contribution in [0.4, 0.5) is 23.0 Å². The average Bonchev–Trinajstić information content (AvgIpc) is 2.70. The summed E-state index contributed by atoms with van der Waals surface area (Å²) in [7, 11) is 3.97. The Morgan fingerprint density at radius 2 is 1.82 bits per heavy atom. The Bertz CT molecular complexity index is 942. The number of anilines is 4. The van der Waals surface area contributed by atoms with Crippen molar-refractivity contribution in [3.8, 4) is 5.75 Å². The van der Waals surface area contributed by atoms with Crippen molar-refractivity contribution < 1.29 is 9.53 Å². The number of hydrogen-bond donors (Lipinski definition) is 2. The van der Waals surface area contributed by atoms with Gasteiger partial charge in [0.2, 0.25) is 5.95 Å². The first-order valence-electron chi connectivity index (χ1n) is 8.97. The zero-order valence-electron chi connectivity index (χ0n) is 16.1. The lowest BCUT2D eigenvalue weighted by atomic mass is 10.2. The maximum absolute atomic E-state index is 12.6. The Morgan fingerprint density at radius 1 is 1.07 bits per heavy atom. The van der Waals surface area contributed by atoms with Crippen LogP contribution in [0.5, 0.6) is 5.75 Å². The maximum atomic E-state index is 12.6. The molecule has 0 saturated carbocycles. The van der Waals surface area contributed by atoms with Crippen LogP contribution in [0.15, 0.2) is 60.8 Å². The zero-order chi connectivity index (χ0) is 19.9. The zero-order valence-corrected chi connectivity index (χ0v) is 16.1. The Labute approximate surface area is 164 Å². The normalized spacial score (nSPS) is 10.2. The Morgan fingerprint density at radius 3 is 2.54 bits per heavy atom. The summed E-state index contributed by atoms with van der Waals surface area (Å²) in [6.45, 7) is 2.41. The van der Waals surface area contributed by atoms with E-state index < -0.39 is 0 Å². The van der Waals surface area contributed by atoms with Gasteiger partial charge in [0, 0.05) is 31.7 Å². The smallest absolute Gasteiger partial charge is 0.274 e. The van der Waals surface area contributed by atoms with Gasteiger partial charge in [-0.1, -0.05) is 12.1 Å². The highest BCUT2D eigenvalue weighted by Crippen LogP contribution is 2.24. The molecule has 1 heterocycles. The van der Waals surface area contributed by atoms with Crippen LogP contribution in [-0.4, -0.2) is 36.6 Å². The van der Waals surface area contributed by atoms with E-state index in [0.717, 1.165) is 11.4 Å². The number of ether oxygens (including phenoxy) is 1. The van der Waals surface area contributed by atoms with Gasteiger partial charge in [-0.2, -0.15) is 0 Å². The molecule has 2 aromatic carbocycles. The molecule has 144 valence electrons. The van der Waals surface area contributed by atoms with E-state index in [1.807, 2.05) is 68.4 Å². The summed E-state index contributed by atoms with van der Waals surface area (Å²) >= 11 is 0. The number of rotatable bonds is 7. The van der Waals surface area contributed by atoms with Gasteiger partial charge in [-0.15, -0.1) is 0 Å². The molecule has 1 aromatic heterocycles. The lowest BCUT2D eigenvalue weighted by molar-refractivity contribution is 0.102. The molecule has 3 aromatic rings. The third kappa shape index (κ3) is 4.76. The molecule has 0 aliphatic rings. The van der Waals surface area contributed by atoms with Crippen molar-refractivity contribution in [2.75, 3.05) is 36.2 Å². The minimum atomic E-state index is -0.333. The third-order valence-corrected chi connectivity index (χ3v) is 3.96. The third-order valence-electron chi connectivity index (χ3n) is 3.96. The fraction of sp³-hybridized carbons (Fsp3) is 0.190. The monoisotopic (exact) mass is 377 g/mol. The van der Waals surface area contributed by atoms with Crippen molar-refractivity contribution in [2.24, 2.45) is 0 Å². The predicted octanol–water partition coefficient (Wildman–Crippen LogP) is 3.94. The minimum Gasteiger partial charge on any atom is -0.492 e. The quantitative estimate of drug-likeness (QED) is 0.649. The van der Waals surface area contributed by atoms with Gasteiger partial charge in [0.1, 0.15) is 11.4 Å². The van der Waals surface area contributed by atoms with E-state index in [-0.39, 0.29) is 11.6 Å². The first kappa shape index (κ1) is 19.2. The van der Waals surface area contributed by atoms with Crippen molar-refractivity contribution in [3.63, 3.8) is 0 Å². The van der Waals surface area contributed by atoms with Gasteiger partial charge in [-0.25, -0.2) is 9.97 Å². The number of aromatic nitrogens is 2. The van der Waals surface area contributed by atoms with Crippen molar-refractivity contribution >= 4 is 28.9 Å². The van der Waals surface area contributed by atoms with E-state index in [1.165, 1.54) is 0 Å². The lowest BCUT2D eigenvalue weighted by Crippen LogP contribution is -2.15. The van der Waals surface area contributed by atoms with E-state index in [2.05, 4.69) is 20.6 Å². The molecular weight excluding hydrogens is 354 g/mol. The van der Waals surface area contributed by atoms with Crippen LogP contribution in [0.25, 0.3) is 0 Å². The van der Waals surface area contributed by atoms with Crippen LogP contribution in [0.1, 0.15) is 17.4 Å². The summed E-state index contributed by atoms with van der Waals surface area (Å²) in [6.07, 6.45) is 1.55. The SMILES string of the molecule is CCOc1ccccc1NC(=O)c1ccnc(Nc2ccc(N(C)C)cc2)n1. The van der Waals surface area contributed by atoms with Crippen molar-refractivity contribution in [3.05, 3.63) is 66.5 Å². The number of amides is 1. The van der Waals surface area contributed by atoms with Gasteiger partial charge >= 0.3 is 0 Å². The first-order chi connectivity index (χ1) is 13.6. The molecule has 7 nitrogen and oxygen atoms in total. The van der Waals surface area contributed by atoms with Crippen LogP contribution in [0.3, 0.4) is 0 Å². The summed E-state index contributed by atoms with van der Waals surface area (Å²) in [6, 6.07) is 16.7. The second-order valence-electron chi connectivity index (χ2n) is 6.22. The van der Waals surface area contributed by atoms with E-state index in [4.69, 9.17) is 4.74 Å². The molecule has 0 radical (unpaired) electrons. The Hall–Kier alpha value is -3.61. The standard InChI is InChI=1S/C21H23N5O2/c1-4-28-19-8-6-5-7-17(19)24-20(27)18-13-14-22-21(25-18)23-15-9-11-16(12-10-15)26(2)3/h5-14H,4H2,1-3H3,(H,24,27)(H,22,23,25). The number of benzene rings is 2. The van der Waals surface area contributed by atoms with Crippen molar-refractivity contribution in [1.29, 1.82) is 0 Å². The van der Waals surface area contributed by atoms with Crippen LogP contribution in [-0.2, 0) is 0 Å². The van der Waals surface area contributed by atoms with Gasteiger partial charge in [0.25, 0.3) is 5.91 Å². The molecule has 0 unspecified atom stereocenters. The molecule has 3 rings (SSSR count). The van der Waals surface area contributed by atoms with Crippen LogP contribution >= 0.6 is 0 Å². The molecule has 0 spiro atoms. The van der Waals surface area contributed by atoms with E-state index >= 15 is 0 Å². The van der Waals surface area contributed by atoms with Gasteiger partial charge < -0.3 is 20.3 Å². The largest absolute Gasteiger partial charge is 0.492 e. The molecule has 2 N–H and O–H groups in total. The maximum Gasteiger partial charge on any atom is 0.274 e. The average molecular weight is 377 g/mol. The number of carbonyl (C=O) groups is 1. The first-order valence-corrected chi connectivity index (χ1v) is 8.97. The van der Waals surface area contributed by atoms with Gasteiger partial charge in [-0.05, 0) is 49.4 Å². The second-order valence-corrected chi connectivity index (χ2v) is 6.22. The molecule has 1 amide bonds. The minimum absolute atomic E-state index is 0.258. The Balaban J connectivity index is 1.73. The topological polar surface area (TPSA) is 79.4 Å². The molecule has 0 aliphatic carbocycles. The van der Waals surface area contributed by atoms with Crippen molar-refractivity contribution in [1.82, 2.24) is 9.97 Å². The second kappa shape index (κ2) is 8.85. The van der Waals surface area contributed by atoms with Crippen LogP contribution in [0, 0.1) is 0 Å². The number of hydrogen-bond acceptors (Lipinski definition) is 6. The molecule has 0 aliphatic heterocycles. The summed E-state index contributed by atoms with van der Waals surface area (Å²) in [5, 5.41) is 5.95. The van der Waals surface area contributed by atoms with Crippen LogP contribution in [0.2, 0.25) is 0 Å². The summed E-state index contributed by atoms with van der Waals surface area (Å²) in [5.41, 5.74) is 2.79. The van der Waals surface area contributed by atoms with Crippen molar-refractivity contribution in [2.45, 2.75) is 6.92 Å². The highest BCUT2D eigenvalue weighted by Gasteiger charge is 2.12. The molecule has 28 heavy (non-hydrogen) atoms. The number of nitrogens with zero attached hydrogens (tertiary/aromatic N) is 3. The molecule has 0 saturated heterocycles. The molecule has 0 fully saturated rings. The molecule has 0 bridgehead atoms. The van der Waals surface area contributed by atoms with Gasteiger partial charge in [0.05, 0.1) is 12.3 Å². The van der Waals surface area contributed by atoms with Gasteiger partial charge in [-0.3, -0.25) is 4.79 Å². The highest BCUT2D eigenvalue weighted by atomic mass is 16.5. The van der Waals surface area contributed by atoms with E-state index in [0.29, 0.717) is 24.0 Å². The van der Waals surface area contributed by atoms with Gasteiger partial charge in [0.15, 0.2) is 0 Å². The fourth-order valence-corrected chi connectivity index (χ4v) is 2.56. The molecule has 7 heteroatoms.